The second kappa shape index (κ2) is 6.53. The molecular weight excluding hydrogens is 324 g/mol. The molecule has 0 radical (unpaired) electrons. The number of ether oxygens (including phenoxy) is 1. The van der Waals surface area contributed by atoms with Gasteiger partial charge in [-0.1, -0.05) is 32.8 Å². The van der Waals surface area contributed by atoms with Crippen LogP contribution in [-0.2, 0) is 6.42 Å². The second-order valence-corrected chi connectivity index (χ2v) is 9.34. The Morgan fingerprint density at radius 2 is 2.08 bits per heavy atom. The molecule has 2 fully saturated rings. The zero-order valence-corrected chi connectivity index (χ0v) is 16.5. The third kappa shape index (κ3) is 2.62. The van der Waals surface area contributed by atoms with E-state index in [1.165, 1.54) is 17.5 Å². The van der Waals surface area contributed by atoms with Crippen molar-refractivity contribution in [3.63, 3.8) is 0 Å². The molecular formula is C23H34O3. The van der Waals surface area contributed by atoms with Gasteiger partial charge in [0, 0.05) is 0 Å². The van der Waals surface area contributed by atoms with Crippen LogP contribution < -0.4 is 4.74 Å². The molecule has 0 bridgehead atoms. The molecule has 1 aromatic rings. The van der Waals surface area contributed by atoms with Gasteiger partial charge in [0.2, 0.25) is 0 Å². The number of aliphatic hydroxyl groups excluding tert-OH is 1. The van der Waals surface area contributed by atoms with Gasteiger partial charge in [0.05, 0.1) is 18.8 Å². The molecule has 0 aromatic heterocycles. The van der Waals surface area contributed by atoms with Gasteiger partial charge in [-0.25, -0.2) is 0 Å². The Kier molecular flexibility index (Phi) is 4.60. The summed E-state index contributed by atoms with van der Waals surface area (Å²) in [6.45, 7) is 4.40. The number of methoxy groups -OCH3 is 1. The SMILES string of the molecule is CCCC[C@@]1(O)C[C@@H]2[C@@H]3CCc4cc(OC)ccc4[C@@H]3CC[C@]2(C)[C@@H]1O. The van der Waals surface area contributed by atoms with E-state index >= 15 is 0 Å². The van der Waals surface area contributed by atoms with Crippen molar-refractivity contribution in [3.8, 4) is 5.75 Å². The van der Waals surface area contributed by atoms with Gasteiger partial charge in [-0.05, 0) is 85.0 Å². The molecule has 0 aliphatic heterocycles. The van der Waals surface area contributed by atoms with Crippen molar-refractivity contribution in [2.24, 2.45) is 17.3 Å². The highest BCUT2D eigenvalue weighted by Crippen LogP contribution is 2.63. The van der Waals surface area contributed by atoms with Crippen LogP contribution in [0.5, 0.6) is 5.75 Å². The van der Waals surface area contributed by atoms with E-state index < -0.39 is 11.7 Å². The average molecular weight is 359 g/mol. The van der Waals surface area contributed by atoms with Crippen LogP contribution in [0, 0.1) is 17.3 Å². The monoisotopic (exact) mass is 358 g/mol. The summed E-state index contributed by atoms with van der Waals surface area (Å²) in [5.41, 5.74) is 1.91. The summed E-state index contributed by atoms with van der Waals surface area (Å²) in [6.07, 6.45) is 7.39. The number of aliphatic hydroxyl groups is 2. The fourth-order valence-corrected chi connectivity index (χ4v) is 6.59. The Morgan fingerprint density at radius 3 is 2.81 bits per heavy atom. The van der Waals surface area contributed by atoms with Crippen LogP contribution in [0.3, 0.4) is 0 Å². The average Bonchev–Trinajstić information content (AvgIpc) is 2.87. The Hall–Kier alpha value is -1.06. The molecule has 3 aliphatic carbocycles. The standard InChI is InChI=1S/C23H34O3/c1-4-5-11-23(25)14-20-19-8-6-15-13-16(26-3)7-9-17(15)18(19)10-12-22(20,2)21(23)24/h7,9,13,18-21,24-25H,4-6,8,10-12,14H2,1-3H3/t18-,19+,20+,21-,22-,23+/m0/s1. The smallest absolute Gasteiger partial charge is 0.119 e. The lowest BCUT2D eigenvalue weighted by Gasteiger charge is -2.50. The first-order valence-corrected chi connectivity index (χ1v) is 10.5. The summed E-state index contributed by atoms with van der Waals surface area (Å²) in [6, 6.07) is 6.57. The van der Waals surface area contributed by atoms with Crippen molar-refractivity contribution in [2.75, 3.05) is 7.11 Å². The maximum absolute atomic E-state index is 11.3. The second-order valence-electron chi connectivity index (χ2n) is 9.34. The Bertz CT molecular complexity index is 671. The minimum absolute atomic E-state index is 0.131. The lowest BCUT2D eigenvalue weighted by atomic mass is 9.55. The molecule has 1 aromatic carbocycles. The van der Waals surface area contributed by atoms with Gasteiger partial charge in [-0.2, -0.15) is 0 Å². The number of benzene rings is 1. The van der Waals surface area contributed by atoms with E-state index in [2.05, 4.69) is 32.0 Å². The van der Waals surface area contributed by atoms with E-state index in [9.17, 15) is 10.2 Å². The van der Waals surface area contributed by atoms with Gasteiger partial charge in [-0.3, -0.25) is 0 Å². The fraction of sp³-hybridized carbons (Fsp3) is 0.739. The molecule has 4 rings (SSSR count). The number of rotatable bonds is 4. The molecule has 6 atom stereocenters. The van der Waals surface area contributed by atoms with Gasteiger partial charge >= 0.3 is 0 Å². The lowest BCUT2D eigenvalue weighted by Crippen LogP contribution is -2.47. The molecule has 26 heavy (non-hydrogen) atoms. The molecule has 2 saturated carbocycles. The summed E-state index contributed by atoms with van der Waals surface area (Å²) < 4.78 is 5.41. The maximum atomic E-state index is 11.3. The van der Waals surface area contributed by atoms with Crippen molar-refractivity contribution in [3.05, 3.63) is 29.3 Å². The number of fused-ring (bicyclic) bond motifs is 5. The first kappa shape index (κ1) is 18.3. The quantitative estimate of drug-likeness (QED) is 0.836. The highest BCUT2D eigenvalue weighted by atomic mass is 16.5. The Morgan fingerprint density at radius 1 is 1.27 bits per heavy atom. The van der Waals surface area contributed by atoms with Crippen molar-refractivity contribution in [1.29, 1.82) is 0 Å². The third-order valence-electron chi connectivity index (χ3n) is 8.04. The van der Waals surface area contributed by atoms with Crippen molar-refractivity contribution >= 4 is 0 Å². The van der Waals surface area contributed by atoms with Crippen LogP contribution in [0.2, 0.25) is 0 Å². The Labute approximate surface area is 157 Å². The van der Waals surface area contributed by atoms with E-state index in [4.69, 9.17) is 4.74 Å². The zero-order chi connectivity index (χ0) is 18.5. The summed E-state index contributed by atoms with van der Waals surface area (Å²) >= 11 is 0. The summed E-state index contributed by atoms with van der Waals surface area (Å²) in [4.78, 5) is 0. The maximum Gasteiger partial charge on any atom is 0.119 e. The largest absolute Gasteiger partial charge is 0.497 e. The van der Waals surface area contributed by atoms with Crippen LogP contribution in [-0.4, -0.2) is 29.0 Å². The molecule has 3 heteroatoms. The molecule has 3 nitrogen and oxygen atoms in total. The van der Waals surface area contributed by atoms with E-state index in [0.717, 1.165) is 50.7 Å². The van der Waals surface area contributed by atoms with Crippen LogP contribution in [0.4, 0.5) is 0 Å². The highest BCUT2D eigenvalue weighted by molar-refractivity contribution is 5.41. The lowest BCUT2D eigenvalue weighted by molar-refractivity contribution is -0.103. The van der Waals surface area contributed by atoms with Crippen molar-refractivity contribution < 1.29 is 14.9 Å². The highest BCUT2D eigenvalue weighted by Gasteiger charge is 2.62. The molecule has 3 aliphatic rings. The molecule has 2 N–H and O–H groups in total. The molecule has 0 saturated heterocycles. The summed E-state index contributed by atoms with van der Waals surface area (Å²) in [5.74, 6) is 2.53. The minimum Gasteiger partial charge on any atom is -0.497 e. The van der Waals surface area contributed by atoms with Gasteiger partial charge in [0.15, 0.2) is 0 Å². The molecule has 144 valence electrons. The topological polar surface area (TPSA) is 49.7 Å². The van der Waals surface area contributed by atoms with Crippen LogP contribution in [0.1, 0.15) is 75.8 Å². The summed E-state index contributed by atoms with van der Waals surface area (Å²) in [5, 5.41) is 22.4. The first-order chi connectivity index (χ1) is 12.4. The van der Waals surface area contributed by atoms with Gasteiger partial charge < -0.3 is 14.9 Å². The normalized spacial score (nSPS) is 41.3. The number of hydrogen-bond donors (Lipinski definition) is 2. The van der Waals surface area contributed by atoms with Crippen LogP contribution >= 0.6 is 0 Å². The summed E-state index contributed by atoms with van der Waals surface area (Å²) in [7, 11) is 1.73. The van der Waals surface area contributed by atoms with E-state index in [1.54, 1.807) is 7.11 Å². The van der Waals surface area contributed by atoms with E-state index in [0.29, 0.717) is 17.8 Å². The third-order valence-corrected chi connectivity index (χ3v) is 8.04. The predicted octanol–water partition coefficient (Wildman–Crippen LogP) is 4.44. The number of unbranched alkanes of at least 4 members (excludes halogenated alkanes) is 1. The number of aryl methyl sites for hydroxylation is 1. The fourth-order valence-electron chi connectivity index (χ4n) is 6.59. The molecule has 0 unspecified atom stereocenters. The van der Waals surface area contributed by atoms with E-state index in [1.807, 2.05) is 0 Å². The van der Waals surface area contributed by atoms with E-state index in [-0.39, 0.29) is 5.41 Å². The molecule has 0 spiro atoms. The Balaban J connectivity index is 1.63. The zero-order valence-electron chi connectivity index (χ0n) is 16.5. The van der Waals surface area contributed by atoms with Crippen molar-refractivity contribution in [2.45, 2.75) is 82.8 Å². The first-order valence-electron chi connectivity index (χ1n) is 10.5. The van der Waals surface area contributed by atoms with Crippen LogP contribution in [0.15, 0.2) is 18.2 Å². The molecule has 0 amide bonds. The van der Waals surface area contributed by atoms with Crippen LogP contribution in [0.25, 0.3) is 0 Å². The number of hydrogen-bond acceptors (Lipinski definition) is 3. The molecule has 0 heterocycles. The van der Waals surface area contributed by atoms with Gasteiger partial charge in [0.25, 0.3) is 0 Å². The van der Waals surface area contributed by atoms with Gasteiger partial charge in [0.1, 0.15) is 5.75 Å². The predicted molar refractivity (Wildman–Crippen MR) is 103 cm³/mol. The van der Waals surface area contributed by atoms with Crippen molar-refractivity contribution in [1.82, 2.24) is 0 Å². The van der Waals surface area contributed by atoms with Gasteiger partial charge in [-0.15, -0.1) is 0 Å². The minimum atomic E-state index is -0.884.